The Morgan fingerprint density at radius 1 is 1.35 bits per heavy atom. The molecule has 102 valence electrons. The molecule has 1 rings (SSSR count). The van der Waals surface area contributed by atoms with E-state index in [2.05, 4.69) is 24.1 Å². The molecule has 0 amide bonds. The normalized spacial score (nSPS) is 20.6. The van der Waals surface area contributed by atoms with Gasteiger partial charge in [0.15, 0.2) is 0 Å². The number of likely N-dealkylation sites (tertiary alicyclic amines) is 1. The van der Waals surface area contributed by atoms with Crippen LogP contribution in [-0.2, 0) is 4.74 Å². The number of ether oxygens (including phenoxy) is 1. The van der Waals surface area contributed by atoms with E-state index in [4.69, 9.17) is 4.74 Å². The van der Waals surface area contributed by atoms with Crippen molar-refractivity contribution in [2.75, 3.05) is 39.9 Å². The van der Waals surface area contributed by atoms with E-state index < -0.39 is 0 Å². The molecule has 0 aromatic heterocycles. The van der Waals surface area contributed by atoms with Gasteiger partial charge in [-0.2, -0.15) is 0 Å². The van der Waals surface area contributed by atoms with Gasteiger partial charge in [0.05, 0.1) is 6.61 Å². The van der Waals surface area contributed by atoms with Crippen LogP contribution in [0.15, 0.2) is 0 Å². The van der Waals surface area contributed by atoms with Crippen molar-refractivity contribution >= 4 is 0 Å². The third-order valence-corrected chi connectivity index (χ3v) is 3.82. The Hall–Kier alpha value is -0.120. The predicted molar refractivity (Wildman–Crippen MR) is 73.4 cm³/mol. The Morgan fingerprint density at radius 2 is 2.06 bits per heavy atom. The molecule has 0 aromatic carbocycles. The van der Waals surface area contributed by atoms with Crippen molar-refractivity contribution in [3.05, 3.63) is 0 Å². The van der Waals surface area contributed by atoms with Crippen molar-refractivity contribution < 1.29 is 4.74 Å². The first-order chi connectivity index (χ1) is 8.26. The molecule has 1 N–H and O–H groups in total. The molecule has 1 heterocycles. The van der Waals surface area contributed by atoms with E-state index in [0.29, 0.717) is 6.04 Å². The van der Waals surface area contributed by atoms with E-state index in [1.807, 2.05) is 0 Å². The van der Waals surface area contributed by atoms with Gasteiger partial charge >= 0.3 is 0 Å². The number of rotatable bonds is 8. The van der Waals surface area contributed by atoms with Gasteiger partial charge in [0.1, 0.15) is 0 Å². The summed E-state index contributed by atoms with van der Waals surface area (Å²) in [5.74, 6) is 0.940. The summed E-state index contributed by atoms with van der Waals surface area (Å²) in [6, 6.07) is 0.529. The van der Waals surface area contributed by atoms with Crippen LogP contribution in [0, 0.1) is 5.92 Å². The molecule has 0 bridgehead atoms. The van der Waals surface area contributed by atoms with Crippen molar-refractivity contribution in [1.29, 1.82) is 0 Å². The fourth-order valence-electron chi connectivity index (χ4n) is 2.42. The minimum Gasteiger partial charge on any atom is -0.383 e. The van der Waals surface area contributed by atoms with Crippen LogP contribution in [-0.4, -0.2) is 50.8 Å². The second kappa shape index (κ2) is 8.90. The van der Waals surface area contributed by atoms with E-state index in [1.165, 1.54) is 38.9 Å². The van der Waals surface area contributed by atoms with Crippen LogP contribution < -0.4 is 5.32 Å². The van der Waals surface area contributed by atoms with E-state index in [1.54, 1.807) is 7.11 Å². The van der Waals surface area contributed by atoms with Gasteiger partial charge in [0.25, 0.3) is 0 Å². The Balaban J connectivity index is 1.99. The molecule has 0 aromatic rings. The van der Waals surface area contributed by atoms with Crippen molar-refractivity contribution in [2.45, 2.75) is 45.6 Å². The minimum atomic E-state index is 0.529. The lowest BCUT2D eigenvalue weighted by atomic mass is 9.99. The monoisotopic (exact) mass is 242 g/mol. The number of hydrogen-bond donors (Lipinski definition) is 1. The molecule has 0 radical (unpaired) electrons. The first-order valence-corrected chi connectivity index (χ1v) is 7.21. The number of nitrogens with one attached hydrogen (secondary N) is 1. The summed E-state index contributed by atoms with van der Waals surface area (Å²) < 4.78 is 5.18. The maximum Gasteiger partial charge on any atom is 0.0615 e. The Morgan fingerprint density at radius 3 is 2.65 bits per heavy atom. The Labute approximate surface area is 107 Å². The van der Waals surface area contributed by atoms with E-state index in [9.17, 15) is 0 Å². The minimum absolute atomic E-state index is 0.529. The molecule has 1 aliphatic rings. The SMILES string of the molecule is CCC(COC)NCCCN1CCC(C)CC1. The summed E-state index contributed by atoms with van der Waals surface area (Å²) in [5.41, 5.74) is 0. The van der Waals surface area contributed by atoms with Crippen molar-refractivity contribution in [3.8, 4) is 0 Å². The van der Waals surface area contributed by atoms with Gasteiger partial charge in [0.2, 0.25) is 0 Å². The molecule has 3 heteroatoms. The van der Waals surface area contributed by atoms with Crippen LogP contribution in [0.5, 0.6) is 0 Å². The van der Waals surface area contributed by atoms with Gasteiger partial charge in [-0.25, -0.2) is 0 Å². The molecule has 1 fully saturated rings. The zero-order valence-electron chi connectivity index (χ0n) is 11.9. The molecule has 1 aliphatic heterocycles. The second-order valence-electron chi connectivity index (χ2n) is 5.39. The molecule has 1 atom stereocenters. The summed E-state index contributed by atoms with van der Waals surface area (Å²) >= 11 is 0. The zero-order chi connectivity index (χ0) is 12.5. The van der Waals surface area contributed by atoms with E-state index in [0.717, 1.165) is 25.5 Å². The average Bonchev–Trinajstić information content (AvgIpc) is 2.35. The average molecular weight is 242 g/mol. The largest absolute Gasteiger partial charge is 0.383 e. The predicted octanol–water partition coefficient (Wildman–Crippen LogP) is 2.12. The third kappa shape index (κ3) is 6.39. The van der Waals surface area contributed by atoms with Crippen LogP contribution in [0.3, 0.4) is 0 Å². The molecule has 17 heavy (non-hydrogen) atoms. The standard InChI is InChI=1S/C14H30N2O/c1-4-14(12-17-3)15-8-5-9-16-10-6-13(2)7-11-16/h13-15H,4-12H2,1-3H3. The molecular weight excluding hydrogens is 212 g/mol. The van der Waals surface area contributed by atoms with Crippen molar-refractivity contribution in [1.82, 2.24) is 10.2 Å². The first kappa shape index (κ1) is 14.9. The lowest BCUT2D eigenvalue weighted by Crippen LogP contribution is -2.37. The Kier molecular flexibility index (Phi) is 7.82. The van der Waals surface area contributed by atoms with E-state index in [-0.39, 0.29) is 0 Å². The molecule has 1 unspecified atom stereocenters. The fourth-order valence-corrected chi connectivity index (χ4v) is 2.42. The fraction of sp³-hybridized carbons (Fsp3) is 1.00. The van der Waals surface area contributed by atoms with Crippen LogP contribution in [0.2, 0.25) is 0 Å². The summed E-state index contributed by atoms with van der Waals surface area (Å²) in [7, 11) is 1.78. The van der Waals surface area contributed by atoms with E-state index >= 15 is 0 Å². The highest BCUT2D eigenvalue weighted by Gasteiger charge is 2.14. The van der Waals surface area contributed by atoms with Crippen molar-refractivity contribution in [2.24, 2.45) is 5.92 Å². The highest BCUT2D eigenvalue weighted by atomic mass is 16.5. The smallest absolute Gasteiger partial charge is 0.0615 e. The highest BCUT2D eigenvalue weighted by molar-refractivity contribution is 4.70. The lowest BCUT2D eigenvalue weighted by Gasteiger charge is -2.30. The number of hydrogen-bond acceptors (Lipinski definition) is 3. The number of methoxy groups -OCH3 is 1. The summed E-state index contributed by atoms with van der Waals surface area (Å²) in [5, 5.41) is 3.57. The lowest BCUT2D eigenvalue weighted by molar-refractivity contribution is 0.160. The summed E-state index contributed by atoms with van der Waals surface area (Å²) in [6.45, 7) is 10.4. The van der Waals surface area contributed by atoms with Gasteiger partial charge in [-0.1, -0.05) is 13.8 Å². The summed E-state index contributed by atoms with van der Waals surface area (Å²) in [4.78, 5) is 2.61. The first-order valence-electron chi connectivity index (χ1n) is 7.21. The molecule has 3 nitrogen and oxygen atoms in total. The third-order valence-electron chi connectivity index (χ3n) is 3.82. The molecule has 0 aliphatic carbocycles. The maximum absolute atomic E-state index is 5.18. The van der Waals surface area contributed by atoms with Crippen LogP contribution in [0.1, 0.15) is 39.5 Å². The molecular formula is C14H30N2O. The molecule has 1 saturated heterocycles. The quantitative estimate of drug-likeness (QED) is 0.660. The number of nitrogens with zero attached hydrogens (tertiary/aromatic N) is 1. The van der Waals surface area contributed by atoms with Crippen LogP contribution in [0.25, 0.3) is 0 Å². The number of piperidine rings is 1. The van der Waals surface area contributed by atoms with Gasteiger partial charge in [-0.15, -0.1) is 0 Å². The second-order valence-corrected chi connectivity index (χ2v) is 5.39. The molecule has 0 spiro atoms. The molecule has 0 saturated carbocycles. The summed E-state index contributed by atoms with van der Waals surface area (Å²) in [6.07, 6.45) is 5.17. The van der Waals surface area contributed by atoms with Gasteiger partial charge in [0, 0.05) is 13.2 Å². The highest BCUT2D eigenvalue weighted by Crippen LogP contribution is 2.15. The van der Waals surface area contributed by atoms with Gasteiger partial charge in [-0.3, -0.25) is 0 Å². The van der Waals surface area contributed by atoms with Crippen LogP contribution >= 0.6 is 0 Å². The van der Waals surface area contributed by atoms with Crippen molar-refractivity contribution in [3.63, 3.8) is 0 Å². The van der Waals surface area contributed by atoms with Crippen LogP contribution in [0.4, 0.5) is 0 Å². The van der Waals surface area contributed by atoms with Gasteiger partial charge in [-0.05, 0) is 57.8 Å². The van der Waals surface area contributed by atoms with Gasteiger partial charge < -0.3 is 15.0 Å². The topological polar surface area (TPSA) is 24.5 Å². The Bertz CT molecular complexity index is 179. The maximum atomic E-state index is 5.18. The zero-order valence-corrected chi connectivity index (χ0v) is 11.9.